The number of carbonyl (C=O) groups excluding carboxylic acids is 1. The standard InChI is InChI=1S/C25H20N4O4/c1-32-19-5-2-4-18(12-19)14-27-25(31)23-28-20-6-3-7-21(22(20)24(30)29-23)33-15-17-10-8-16(13-26)9-11-17/h2-12H,14-15H2,1H3,(H,27,31)(H,28,29,30). The summed E-state index contributed by atoms with van der Waals surface area (Å²) < 4.78 is 11.0. The highest BCUT2D eigenvalue weighted by molar-refractivity contribution is 5.93. The van der Waals surface area contributed by atoms with E-state index in [1.165, 1.54) is 0 Å². The van der Waals surface area contributed by atoms with E-state index in [1.807, 2.05) is 24.3 Å². The normalized spacial score (nSPS) is 10.4. The molecule has 2 N–H and O–H groups in total. The summed E-state index contributed by atoms with van der Waals surface area (Å²) in [6, 6.07) is 21.4. The average molecular weight is 440 g/mol. The summed E-state index contributed by atoms with van der Waals surface area (Å²) in [5.74, 6) is 0.460. The highest BCUT2D eigenvalue weighted by Crippen LogP contribution is 2.22. The number of fused-ring (bicyclic) bond motifs is 1. The van der Waals surface area contributed by atoms with Crippen LogP contribution in [0.2, 0.25) is 0 Å². The van der Waals surface area contributed by atoms with Crippen molar-refractivity contribution in [3.63, 3.8) is 0 Å². The van der Waals surface area contributed by atoms with Crippen LogP contribution < -0.4 is 20.3 Å². The van der Waals surface area contributed by atoms with Crippen LogP contribution in [0, 0.1) is 11.3 Å². The Morgan fingerprint density at radius 3 is 2.64 bits per heavy atom. The molecular formula is C25H20N4O4. The smallest absolute Gasteiger partial charge is 0.287 e. The largest absolute Gasteiger partial charge is 0.497 e. The third-order valence-corrected chi connectivity index (χ3v) is 4.98. The second-order valence-electron chi connectivity index (χ2n) is 7.20. The molecule has 0 saturated heterocycles. The number of methoxy groups -OCH3 is 1. The van der Waals surface area contributed by atoms with Crippen LogP contribution in [-0.4, -0.2) is 23.0 Å². The van der Waals surface area contributed by atoms with Gasteiger partial charge >= 0.3 is 0 Å². The van der Waals surface area contributed by atoms with E-state index in [-0.39, 0.29) is 24.4 Å². The zero-order valence-corrected chi connectivity index (χ0v) is 17.8. The third-order valence-electron chi connectivity index (χ3n) is 4.98. The van der Waals surface area contributed by atoms with E-state index in [2.05, 4.69) is 21.4 Å². The first-order chi connectivity index (χ1) is 16.1. The number of aromatic nitrogens is 2. The second kappa shape index (κ2) is 9.66. The van der Waals surface area contributed by atoms with Crippen molar-refractivity contribution in [1.29, 1.82) is 5.26 Å². The molecule has 0 spiro atoms. The Morgan fingerprint density at radius 1 is 1.09 bits per heavy atom. The first kappa shape index (κ1) is 21.6. The van der Waals surface area contributed by atoms with Gasteiger partial charge in [-0.15, -0.1) is 0 Å². The molecule has 0 saturated carbocycles. The van der Waals surface area contributed by atoms with Crippen molar-refractivity contribution in [2.75, 3.05) is 7.11 Å². The van der Waals surface area contributed by atoms with Crippen LogP contribution in [0.15, 0.2) is 71.5 Å². The highest BCUT2D eigenvalue weighted by Gasteiger charge is 2.14. The molecule has 3 aromatic carbocycles. The van der Waals surface area contributed by atoms with Gasteiger partial charge in [0, 0.05) is 6.54 Å². The van der Waals surface area contributed by atoms with Gasteiger partial charge < -0.3 is 19.8 Å². The zero-order chi connectivity index (χ0) is 23.2. The molecule has 4 rings (SSSR count). The van der Waals surface area contributed by atoms with Gasteiger partial charge in [-0.05, 0) is 47.5 Å². The van der Waals surface area contributed by atoms with E-state index in [1.54, 1.807) is 49.6 Å². The van der Waals surface area contributed by atoms with Gasteiger partial charge in [0.15, 0.2) is 5.82 Å². The lowest BCUT2D eigenvalue weighted by molar-refractivity contribution is 0.0940. The topological polar surface area (TPSA) is 117 Å². The van der Waals surface area contributed by atoms with Crippen molar-refractivity contribution in [3.05, 3.63) is 99.6 Å². The number of benzene rings is 3. The predicted octanol–water partition coefficient (Wildman–Crippen LogP) is 3.31. The molecule has 164 valence electrons. The van der Waals surface area contributed by atoms with Crippen LogP contribution in [0.1, 0.15) is 27.3 Å². The number of aromatic amines is 1. The van der Waals surface area contributed by atoms with Crippen LogP contribution in [0.3, 0.4) is 0 Å². The molecule has 0 fully saturated rings. The summed E-state index contributed by atoms with van der Waals surface area (Å²) in [4.78, 5) is 32.2. The first-order valence-electron chi connectivity index (χ1n) is 10.1. The number of rotatable bonds is 7. The Bertz CT molecular complexity index is 1400. The number of nitriles is 1. The van der Waals surface area contributed by atoms with E-state index in [0.29, 0.717) is 22.6 Å². The summed E-state index contributed by atoms with van der Waals surface area (Å²) >= 11 is 0. The van der Waals surface area contributed by atoms with Crippen LogP contribution >= 0.6 is 0 Å². The molecule has 0 atom stereocenters. The maximum absolute atomic E-state index is 12.8. The number of H-pyrrole nitrogens is 1. The number of hydrogen-bond donors (Lipinski definition) is 2. The molecule has 1 heterocycles. The Kier molecular flexibility index (Phi) is 6.32. The first-order valence-corrected chi connectivity index (χ1v) is 10.1. The minimum Gasteiger partial charge on any atom is -0.497 e. The average Bonchev–Trinajstić information content (AvgIpc) is 2.86. The van der Waals surface area contributed by atoms with E-state index < -0.39 is 11.5 Å². The van der Waals surface area contributed by atoms with Gasteiger partial charge in [-0.1, -0.05) is 30.3 Å². The van der Waals surface area contributed by atoms with E-state index >= 15 is 0 Å². The number of ether oxygens (including phenoxy) is 2. The van der Waals surface area contributed by atoms with Crippen molar-refractivity contribution in [2.45, 2.75) is 13.2 Å². The van der Waals surface area contributed by atoms with Crippen molar-refractivity contribution in [3.8, 4) is 17.6 Å². The molecule has 0 aliphatic rings. The van der Waals surface area contributed by atoms with Crippen molar-refractivity contribution in [1.82, 2.24) is 15.3 Å². The summed E-state index contributed by atoms with van der Waals surface area (Å²) in [6.07, 6.45) is 0. The number of hydrogen-bond acceptors (Lipinski definition) is 6. The van der Waals surface area contributed by atoms with Crippen LogP contribution in [0.5, 0.6) is 11.5 Å². The molecule has 0 radical (unpaired) electrons. The number of amides is 1. The highest BCUT2D eigenvalue weighted by atomic mass is 16.5. The minimum atomic E-state index is -0.499. The lowest BCUT2D eigenvalue weighted by Crippen LogP contribution is -2.27. The van der Waals surface area contributed by atoms with Crippen molar-refractivity contribution < 1.29 is 14.3 Å². The number of nitrogens with zero attached hydrogens (tertiary/aromatic N) is 2. The fourth-order valence-electron chi connectivity index (χ4n) is 3.27. The lowest BCUT2D eigenvalue weighted by atomic mass is 10.1. The van der Waals surface area contributed by atoms with Gasteiger partial charge in [-0.2, -0.15) is 5.26 Å². The minimum absolute atomic E-state index is 0.0837. The quantitative estimate of drug-likeness (QED) is 0.455. The Labute approximate surface area is 189 Å². The zero-order valence-electron chi connectivity index (χ0n) is 17.8. The van der Waals surface area contributed by atoms with E-state index in [4.69, 9.17) is 14.7 Å². The summed E-state index contributed by atoms with van der Waals surface area (Å²) in [6.45, 7) is 0.471. The fourth-order valence-corrected chi connectivity index (χ4v) is 3.27. The molecule has 0 aliphatic heterocycles. The van der Waals surface area contributed by atoms with Crippen molar-refractivity contribution >= 4 is 16.8 Å². The van der Waals surface area contributed by atoms with Crippen LogP contribution in [0.25, 0.3) is 10.9 Å². The van der Waals surface area contributed by atoms with Gasteiger partial charge in [-0.3, -0.25) is 9.59 Å². The van der Waals surface area contributed by atoms with E-state index in [9.17, 15) is 9.59 Å². The molecule has 0 aliphatic carbocycles. The van der Waals surface area contributed by atoms with Gasteiger partial charge in [0.2, 0.25) is 0 Å². The SMILES string of the molecule is COc1cccc(CNC(=O)c2nc3cccc(OCc4ccc(C#N)cc4)c3c(=O)[nH]2)c1. The fraction of sp³-hybridized carbons (Fsp3) is 0.120. The lowest BCUT2D eigenvalue weighted by Gasteiger charge is -2.10. The Morgan fingerprint density at radius 2 is 1.88 bits per heavy atom. The summed E-state index contributed by atoms with van der Waals surface area (Å²) in [5, 5.41) is 11.9. The molecule has 8 heteroatoms. The predicted molar refractivity (Wildman–Crippen MR) is 122 cm³/mol. The van der Waals surface area contributed by atoms with Crippen molar-refractivity contribution in [2.24, 2.45) is 0 Å². The molecule has 0 bridgehead atoms. The van der Waals surface area contributed by atoms with Crippen LogP contribution in [-0.2, 0) is 13.2 Å². The molecule has 1 amide bonds. The molecular weight excluding hydrogens is 420 g/mol. The summed E-state index contributed by atoms with van der Waals surface area (Å²) in [5.41, 5.74) is 2.14. The second-order valence-corrected chi connectivity index (χ2v) is 7.20. The summed E-state index contributed by atoms with van der Waals surface area (Å²) in [7, 11) is 1.57. The number of carbonyl (C=O) groups is 1. The molecule has 4 aromatic rings. The van der Waals surface area contributed by atoms with Gasteiger partial charge in [0.1, 0.15) is 23.5 Å². The van der Waals surface area contributed by atoms with Gasteiger partial charge in [-0.25, -0.2) is 4.98 Å². The Balaban J connectivity index is 1.51. The van der Waals surface area contributed by atoms with E-state index in [0.717, 1.165) is 11.1 Å². The molecule has 33 heavy (non-hydrogen) atoms. The Hall–Kier alpha value is -4.64. The maximum atomic E-state index is 12.8. The monoisotopic (exact) mass is 440 g/mol. The maximum Gasteiger partial charge on any atom is 0.287 e. The van der Waals surface area contributed by atoms with Gasteiger partial charge in [0.05, 0.1) is 24.3 Å². The van der Waals surface area contributed by atoms with Gasteiger partial charge in [0.25, 0.3) is 11.5 Å². The van der Waals surface area contributed by atoms with Crippen LogP contribution in [0.4, 0.5) is 0 Å². The molecule has 1 aromatic heterocycles. The molecule has 0 unspecified atom stereocenters. The third kappa shape index (κ3) is 4.99. The molecule has 8 nitrogen and oxygen atoms in total. The number of nitrogens with one attached hydrogen (secondary N) is 2.